The summed E-state index contributed by atoms with van der Waals surface area (Å²) < 4.78 is 25.3. The molecule has 10 heteroatoms. The fourth-order valence-corrected chi connectivity index (χ4v) is 5.06. The molecule has 0 spiro atoms. The summed E-state index contributed by atoms with van der Waals surface area (Å²) in [5.74, 6) is -3.19. The molecule has 1 aromatic heterocycles. The number of anilines is 1. The fraction of sp³-hybridized carbons (Fsp3) is 0.231. The molecule has 1 N–H and O–H groups in total. The van der Waals surface area contributed by atoms with Crippen molar-refractivity contribution in [1.29, 1.82) is 0 Å². The Kier molecular flexibility index (Phi) is 6.89. The summed E-state index contributed by atoms with van der Waals surface area (Å²) in [5, 5.41) is 11.2. The normalized spacial score (nSPS) is 16.9. The van der Waals surface area contributed by atoms with Crippen LogP contribution in [0, 0.1) is 19.7 Å². The van der Waals surface area contributed by atoms with Crippen LogP contribution in [0.15, 0.2) is 48.0 Å². The number of hydrogen-bond acceptors (Lipinski definition) is 8. The summed E-state index contributed by atoms with van der Waals surface area (Å²) in [6.45, 7) is 5.14. The SMILES string of the molecule is CCOC(=O)c1sc(N2C(=O)C(=O)C(=C(O)c3ccc(OC)c(C)c3)C2c2ccccc2F)nc1C. The zero-order valence-corrected chi connectivity index (χ0v) is 20.8. The Balaban J connectivity index is 1.93. The first-order chi connectivity index (χ1) is 17.2. The standard InChI is InChI=1S/C26H23FN2O6S/c1-5-35-25(33)23-14(3)28-26(36-23)29-20(16-8-6-7-9-17(16)27)19(22(31)24(29)32)21(30)15-10-11-18(34-4)13(2)12-15/h6-12,20,30H,5H2,1-4H3. The number of aliphatic hydroxyl groups excluding tert-OH is 1. The van der Waals surface area contributed by atoms with Crippen molar-refractivity contribution in [3.05, 3.63) is 81.1 Å². The molecule has 0 radical (unpaired) electrons. The minimum atomic E-state index is -1.31. The molecule has 1 aliphatic rings. The first kappa shape index (κ1) is 25.1. The Bertz CT molecular complexity index is 1410. The van der Waals surface area contributed by atoms with Crippen LogP contribution in [-0.2, 0) is 14.3 Å². The maximum Gasteiger partial charge on any atom is 0.350 e. The van der Waals surface area contributed by atoms with Gasteiger partial charge in [-0.2, -0.15) is 0 Å². The molecule has 0 bridgehead atoms. The summed E-state index contributed by atoms with van der Waals surface area (Å²) in [6, 6.07) is 9.12. The van der Waals surface area contributed by atoms with Gasteiger partial charge in [0.15, 0.2) is 5.13 Å². The van der Waals surface area contributed by atoms with E-state index in [9.17, 15) is 19.5 Å². The van der Waals surface area contributed by atoms with Gasteiger partial charge in [0, 0.05) is 11.1 Å². The van der Waals surface area contributed by atoms with Gasteiger partial charge < -0.3 is 14.6 Å². The quantitative estimate of drug-likeness (QED) is 0.222. The monoisotopic (exact) mass is 510 g/mol. The van der Waals surface area contributed by atoms with Crippen LogP contribution in [0.1, 0.15) is 45.0 Å². The Morgan fingerprint density at radius 2 is 1.92 bits per heavy atom. The molecule has 2 aromatic carbocycles. The number of Topliss-reactive ketones (excluding diaryl/α,β-unsaturated/α-hetero) is 1. The molecule has 0 aliphatic carbocycles. The number of nitrogens with zero attached hydrogens (tertiary/aromatic N) is 2. The van der Waals surface area contributed by atoms with Crippen LogP contribution in [0.3, 0.4) is 0 Å². The lowest BCUT2D eigenvalue weighted by Gasteiger charge is -2.23. The Hall–Kier alpha value is -4.05. The third kappa shape index (κ3) is 4.24. The number of thiazole rings is 1. The van der Waals surface area contributed by atoms with Gasteiger partial charge >= 0.3 is 11.9 Å². The number of ether oxygens (including phenoxy) is 2. The van der Waals surface area contributed by atoms with Gasteiger partial charge in [0.2, 0.25) is 0 Å². The molecule has 4 rings (SSSR count). The fourth-order valence-electron chi connectivity index (χ4n) is 4.07. The van der Waals surface area contributed by atoms with Crippen molar-refractivity contribution in [2.75, 3.05) is 18.6 Å². The van der Waals surface area contributed by atoms with E-state index in [0.29, 0.717) is 17.0 Å². The largest absolute Gasteiger partial charge is 0.507 e. The van der Waals surface area contributed by atoms with Crippen molar-refractivity contribution in [3.63, 3.8) is 0 Å². The number of hydrogen-bond donors (Lipinski definition) is 1. The summed E-state index contributed by atoms with van der Waals surface area (Å²) in [7, 11) is 1.51. The van der Waals surface area contributed by atoms with Crippen LogP contribution in [-0.4, -0.2) is 41.5 Å². The molecule has 1 saturated heterocycles. The molecule has 1 fully saturated rings. The highest BCUT2D eigenvalue weighted by Gasteiger charge is 2.49. The maximum atomic E-state index is 15.0. The van der Waals surface area contributed by atoms with Crippen molar-refractivity contribution in [2.45, 2.75) is 26.8 Å². The van der Waals surface area contributed by atoms with Gasteiger partial charge in [0.25, 0.3) is 5.78 Å². The number of esters is 1. The lowest BCUT2D eigenvalue weighted by Crippen LogP contribution is -2.29. The number of benzene rings is 2. The Labute approximate surface area is 210 Å². The molecule has 0 saturated carbocycles. The second kappa shape index (κ2) is 9.90. The van der Waals surface area contributed by atoms with Crippen molar-refractivity contribution in [1.82, 2.24) is 4.98 Å². The number of amides is 1. The topological polar surface area (TPSA) is 106 Å². The Morgan fingerprint density at radius 3 is 2.56 bits per heavy atom. The molecular weight excluding hydrogens is 487 g/mol. The van der Waals surface area contributed by atoms with Gasteiger partial charge in [-0.1, -0.05) is 29.5 Å². The van der Waals surface area contributed by atoms with Crippen LogP contribution in [0.25, 0.3) is 5.76 Å². The van der Waals surface area contributed by atoms with E-state index in [1.807, 2.05) is 0 Å². The second-order valence-electron chi connectivity index (χ2n) is 8.01. The third-order valence-corrected chi connectivity index (χ3v) is 6.90. The molecule has 1 amide bonds. The van der Waals surface area contributed by atoms with Crippen LogP contribution in [0.4, 0.5) is 9.52 Å². The predicted molar refractivity (Wildman–Crippen MR) is 132 cm³/mol. The molecule has 1 aliphatic heterocycles. The van der Waals surface area contributed by atoms with Crippen molar-refractivity contribution in [2.24, 2.45) is 0 Å². The van der Waals surface area contributed by atoms with Crippen molar-refractivity contribution < 1.29 is 33.4 Å². The maximum absolute atomic E-state index is 15.0. The number of aliphatic hydroxyl groups is 1. The van der Waals surface area contributed by atoms with E-state index < -0.39 is 35.3 Å². The second-order valence-corrected chi connectivity index (χ2v) is 8.98. The van der Waals surface area contributed by atoms with E-state index in [1.165, 1.54) is 25.3 Å². The molecule has 186 valence electrons. The molecule has 8 nitrogen and oxygen atoms in total. The minimum absolute atomic E-state index is 0.00554. The van der Waals surface area contributed by atoms with E-state index in [1.54, 1.807) is 45.0 Å². The molecular formula is C26H23FN2O6S. The number of methoxy groups -OCH3 is 1. The third-order valence-electron chi connectivity index (χ3n) is 5.76. The molecule has 2 heterocycles. The van der Waals surface area contributed by atoms with Gasteiger partial charge in [-0.25, -0.2) is 14.2 Å². The zero-order valence-electron chi connectivity index (χ0n) is 20.0. The molecule has 3 aromatic rings. The number of rotatable bonds is 6. The summed E-state index contributed by atoms with van der Waals surface area (Å²) in [4.78, 5) is 44.4. The van der Waals surface area contributed by atoms with E-state index in [-0.39, 0.29) is 33.3 Å². The lowest BCUT2D eigenvalue weighted by molar-refractivity contribution is -0.132. The number of aryl methyl sites for hydroxylation is 2. The van der Waals surface area contributed by atoms with Gasteiger partial charge in [-0.3, -0.25) is 14.5 Å². The summed E-state index contributed by atoms with van der Waals surface area (Å²) in [5.41, 5.74) is 0.950. The van der Waals surface area contributed by atoms with Gasteiger partial charge in [0.1, 0.15) is 28.2 Å². The lowest BCUT2D eigenvalue weighted by atomic mass is 9.94. The van der Waals surface area contributed by atoms with Crippen molar-refractivity contribution >= 4 is 39.9 Å². The number of ketones is 1. The molecule has 1 unspecified atom stereocenters. The number of carbonyl (C=O) groups excluding carboxylic acids is 3. The summed E-state index contributed by atoms with van der Waals surface area (Å²) in [6.07, 6.45) is 0. The van der Waals surface area contributed by atoms with Crippen LogP contribution in [0.5, 0.6) is 5.75 Å². The van der Waals surface area contributed by atoms with Gasteiger partial charge in [-0.05, 0) is 50.6 Å². The predicted octanol–water partition coefficient (Wildman–Crippen LogP) is 4.71. The highest BCUT2D eigenvalue weighted by Crippen LogP contribution is 2.44. The van der Waals surface area contributed by atoms with Crippen LogP contribution < -0.4 is 9.64 Å². The van der Waals surface area contributed by atoms with E-state index in [4.69, 9.17) is 9.47 Å². The van der Waals surface area contributed by atoms with E-state index in [2.05, 4.69) is 4.98 Å². The zero-order chi connectivity index (χ0) is 26.1. The number of aromatic nitrogens is 1. The first-order valence-corrected chi connectivity index (χ1v) is 11.9. The average Bonchev–Trinajstić information content (AvgIpc) is 3.36. The van der Waals surface area contributed by atoms with E-state index in [0.717, 1.165) is 16.2 Å². The van der Waals surface area contributed by atoms with Gasteiger partial charge in [-0.15, -0.1) is 0 Å². The number of carbonyl (C=O) groups is 3. The van der Waals surface area contributed by atoms with E-state index >= 15 is 4.39 Å². The molecule has 36 heavy (non-hydrogen) atoms. The van der Waals surface area contributed by atoms with Crippen molar-refractivity contribution in [3.8, 4) is 5.75 Å². The molecule has 1 atom stereocenters. The van der Waals surface area contributed by atoms with Crippen LogP contribution >= 0.6 is 11.3 Å². The smallest absolute Gasteiger partial charge is 0.350 e. The first-order valence-electron chi connectivity index (χ1n) is 11.0. The average molecular weight is 511 g/mol. The minimum Gasteiger partial charge on any atom is -0.507 e. The Morgan fingerprint density at radius 1 is 1.19 bits per heavy atom. The van der Waals surface area contributed by atoms with Crippen LogP contribution in [0.2, 0.25) is 0 Å². The highest BCUT2D eigenvalue weighted by atomic mass is 32.1. The highest BCUT2D eigenvalue weighted by molar-refractivity contribution is 7.17. The number of halogens is 1. The van der Waals surface area contributed by atoms with Gasteiger partial charge in [0.05, 0.1) is 25.0 Å². The summed E-state index contributed by atoms with van der Waals surface area (Å²) >= 11 is 0.856.